The molecular formula is C30H54ClN3. The molecular weight excluding hydrogens is 438 g/mol. The number of allylic oxidation sites excluding steroid dienone is 4. The zero-order valence-corrected chi connectivity index (χ0v) is 24.7. The summed E-state index contributed by atoms with van der Waals surface area (Å²) in [5.41, 5.74) is 2.72. The molecule has 1 aliphatic carbocycles. The molecule has 0 aromatic carbocycles. The molecule has 0 saturated heterocycles. The van der Waals surface area contributed by atoms with E-state index in [1.165, 1.54) is 43.4 Å². The van der Waals surface area contributed by atoms with Crippen LogP contribution in [0.4, 0.5) is 0 Å². The van der Waals surface area contributed by atoms with Crippen LogP contribution in [0.3, 0.4) is 0 Å². The molecule has 0 spiro atoms. The summed E-state index contributed by atoms with van der Waals surface area (Å²) in [6, 6.07) is 3.93. The van der Waals surface area contributed by atoms with Crippen LogP contribution in [-0.2, 0) is 0 Å². The van der Waals surface area contributed by atoms with Crippen molar-refractivity contribution in [3.8, 4) is 12.0 Å². The molecule has 0 radical (unpaired) electrons. The van der Waals surface area contributed by atoms with E-state index in [4.69, 9.17) is 11.6 Å². The molecule has 2 rings (SSSR count). The molecule has 0 amide bonds. The van der Waals surface area contributed by atoms with Crippen LogP contribution in [0.25, 0.3) is 0 Å². The maximum atomic E-state index is 5.75. The zero-order chi connectivity index (χ0) is 26.5. The van der Waals surface area contributed by atoms with Crippen LogP contribution in [0.1, 0.15) is 101 Å². The smallest absolute Gasteiger partial charge is 0.0889 e. The van der Waals surface area contributed by atoms with Crippen LogP contribution in [0.15, 0.2) is 47.4 Å². The van der Waals surface area contributed by atoms with Crippen molar-refractivity contribution < 1.29 is 0 Å². The van der Waals surface area contributed by atoms with Gasteiger partial charge in [0.2, 0.25) is 0 Å². The van der Waals surface area contributed by atoms with Crippen molar-refractivity contribution in [2.75, 3.05) is 13.6 Å². The quantitative estimate of drug-likeness (QED) is 0.257. The van der Waals surface area contributed by atoms with Gasteiger partial charge in [-0.25, -0.2) is 0 Å². The van der Waals surface area contributed by atoms with E-state index < -0.39 is 0 Å². The van der Waals surface area contributed by atoms with E-state index in [9.17, 15) is 0 Å². The second-order valence-corrected chi connectivity index (χ2v) is 9.56. The Morgan fingerprint density at radius 2 is 1.88 bits per heavy atom. The first-order valence-electron chi connectivity index (χ1n) is 13.2. The number of rotatable bonds is 9. The molecule has 1 aliphatic heterocycles. The van der Waals surface area contributed by atoms with E-state index in [1.807, 2.05) is 46.2 Å². The molecule has 4 heteroatoms. The van der Waals surface area contributed by atoms with Gasteiger partial charge in [-0.2, -0.15) is 0 Å². The molecule has 2 aliphatic rings. The van der Waals surface area contributed by atoms with Gasteiger partial charge in [0.05, 0.1) is 6.04 Å². The van der Waals surface area contributed by atoms with Crippen molar-refractivity contribution in [3.05, 3.63) is 47.4 Å². The summed E-state index contributed by atoms with van der Waals surface area (Å²) in [6.45, 7) is 23.9. The van der Waals surface area contributed by atoms with Gasteiger partial charge < -0.3 is 15.1 Å². The van der Waals surface area contributed by atoms with Crippen molar-refractivity contribution in [1.29, 1.82) is 0 Å². The summed E-state index contributed by atoms with van der Waals surface area (Å²) < 4.78 is 0. The Bertz CT molecular complexity index is 669. The molecule has 1 fully saturated rings. The van der Waals surface area contributed by atoms with Gasteiger partial charge in [0.25, 0.3) is 0 Å². The van der Waals surface area contributed by atoms with E-state index in [-0.39, 0.29) is 6.04 Å². The molecule has 0 aromatic heterocycles. The molecule has 0 aromatic rings. The fourth-order valence-corrected chi connectivity index (χ4v) is 3.04. The minimum absolute atomic E-state index is 0.255. The lowest BCUT2D eigenvalue weighted by Crippen LogP contribution is -2.27. The summed E-state index contributed by atoms with van der Waals surface area (Å²) in [5, 5.41) is 3.73. The summed E-state index contributed by atoms with van der Waals surface area (Å²) >= 11 is 5.75. The molecule has 0 bridgehead atoms. The SMILES string of the molecule is C/C(Cl)=C/CCN1C=CNC#CC1C.C=C(C(C)CCCC)N(C)C1CC1.CC.CC=C(C)C. The Morgan fingerprint density at radius 1 is 1.29 bits per heavy atom. The number of nitrogens with zero attached hydrogens (tertiary/aromatic N) is 2. The van der Waals surface area contributed by atoms with Crippen LogP contribution < -0.4 is 5.32 Å². The molecule has 2 atom stereocenters. The van der Waals surface area contributed by atoms with E-state index in [2.05, 4.69) is 81.4 Å². The lowest BCUT2D eigenvalue weighted by molar-refractivity contribution is 0.347. The van der Waals surface area contributed by atoms with Crippen molar-refractivity contribution in [3.63, 3.8) is 0 Å². The van der Waals surface area contributed by atoms with E-state index in [0.29, 0.717) is 5.92 Å². The van der Waals surface area contributed by atoms with Gasteiger partial charge in [0.15, 0.2) is 0 Å². The monoisotopic (exact) mass is 491 g/mol. The molecule has 196 valence electrons. The summed E-state index contributed by atoms with van der Waals surface area (Å²) in [4.78, 5) is 4.57. The average molecular weight is 492 g/mol. The lowest BCUT2D eigenvalue weighted by Gasteiger charge is -2.26. The predicted molar refractivity (Wildman–Crippen MR) is 156 cm³/mol. The van der Waals surface area contributed by atoms with Crippen molar-refractivity contribution in [2.24, 2.45) is 5.92 Å². The normalized spacial score (nSPS) is 16.9. The van der Waals surface area contributed by atoms with Gasteiger partial charge in [-0.3, -0.25) is 0 Å². The minimum Gasteiger partial charge on any atom is -0.375 e. The summed E-state index contributed by atoms with van der Waals surface area (Å²) in [5.74, 6) is 3.75. The number of hydrogen-bond donors (Lipinski definition) is 1. The van der Waals surface area contributed by atoms with Crippen molar-refractivity contribution in [2.45, 2.75) is 113 Å². The zero-order valence-electron chi connectivity index (χ0n) is 24.0. The van der Waals surface area contributed by atoms with Gasteiger partial charge >= 0.3 is 0 Å². The first-order chi connectivity index (χ1) is 16.1. The highest BCUT2D eigenvalue weighted by Crippen LogP contribution is 2.31. The molecule has 2 unspecified atom stereocenters. The Hall–Kier alpha value is -1.79. The Kier molecular flexibility index (Phi) is 22.0. The van der Waals surface area contributed by atoms with E-state index in [1.54, 1.807) is 0 Å². The fraction of sp³-hybridized carbons (Fsp3) is 0.667. The highest BCUT2D eigenvalue weighted by Gasteiger charge is 2.28. The fourth-order valence-electron chi connectivity index (χ4n) is 2.93. The van der Waals surface area contributed by atoms with Gasteiger partial charge in [0, 0.05) is 48.8 Å². The van der Waals surface area contributed by atoms with Crippen LogP contribution >= 0.6 is 11.6 Å². The highest BCUT2D eigenvalue weighted by atomic mass is 35.5. The maximum absolute atomic E-state index is 5.75. The lowest BCUT2D eigenvalue weighted by atomic mass is 10.0. The highest BCUT2D eigenvalue weighted by molar-refractivity contribution is 6.29. The van der Waals surface area contributed by atoms with Gasteiger partial charge in [-0.15, -0.1) is 0 Å². The third-order valence-corrected chi connectivity index (χ3v) is 5.85. The maximum Gasteiger partial charge on any atom is 0.0889 e. The topological polar surface area (TPSA) is 18.5 Å². The Labute approximate surface area is 218 Å². The number of hydrogen-bond acceptors (Lipinski definition) is 3. The van der Waals surface area contributed by atoms with Crippen LogP contribution in [0.5, 0.6) is 0 Å². The standard InChI is InChI=1S/C12H23N.C11H15ClN2.C5H10.C2H6/c1-5-6-7-10(2)11(3)13(4)12-8-9-12;1-10(12)4-3-8-14-9-7-13-6-5-11(14)2;1-4-5(2)3;1-2/h10,12H,3,5-9H2,1-2,4H3;4,7,9,11,13H,3,8H2,1-2H3;4H,1-3H3;1-2H3/b;10-4-;;. The largest absolute Gasteiger partial charge is 0.375 e. The molecule has 34 heavy (non-hydrogen) atoms. The number of halogens is 1. The number of unbranched alkanes of at least 4 members (excludes halogenated alkanes) is 1. The average Bonchev–Trinajstić information content (AvgIpc) is 3.68. The van der Waals surface area contributed by atoms with Gasteiger partial charge in [-0.05, 0) is 66.2 Å². The first-order valence-corrected chi connectivity index (χ1v) is 13.5. The minimum atomic E-state index is 0.255. The predicted octanol–water partition coefficient (Wildman–Crippen LogP) is 8.66. The molecule has 3 nitrogen and oxygen atoms in total. The second kappa shape index (κ2) is 21.7. The Morgan fingerprint density at radius 3 is 2.35 bits per heavy atom. The van der Waals surface area contributed by atoms with E-state index >= 15 is 0 Å². The van der Waals surface area contributed by atoms with Gasteiger partial charge in [-0.1, -0.05) is 82.4 Å². The van der Waals surface area contributed by atoms with Crippen LogP contribution in [-0.4, -0.2) is 35.5 Å². The van der Waals surface area contributed by atoms with Crippen molar-refractivity contribution in [1.82, 2.24) is 15.1 Å². The summed E-state index contributed by atoms with van der Waals surface area (Å²) in [7, 11) is 2.20. The van der Waals surface area contributed by atoms with Crippen LogP contribution in [0.2, 0.25) is 0 Å². The Balaban J connectivity index is 0. The van der Waals surface area contributed by atoms with Crippen molar-refractivity contribution >= 4 is 11.6 Å². The second-order valence-electron chi connectivity index (χ2n) is 8.97. The third kappa shape index (κ3) is 18.6. The first kappa shape index (κ1) is 34.4. The third-order valence-electron chi connectivity index (χ3n) is 5.70. The molecule has 1 saturated carbocycles. The molecule has 1 N–H and O–H groups in total. The molecule has 1 heterocycles. The van der Waals surface area contributed by atoms with E-state index in [0.717, 1.165) is 24.0 Å². The van der Waals surface area contributed by atoms with Crippen LogP contribution in [0, 0.1) is 17.9 Å². The summed E-state index contributed by atoms with van der Waals surface area (Å²) in [6.07, 6.45) is 15.6. The number of nitrogens with one attached hydrogen (secondary N) is 1. The van der Waals surface area contributed by atoms with Gasteiger partial charge in [0.1, 0.15) is 0 Å².